The molecule has 63 heavy (non-hydrogen) atoms. The van der Waals surface area contributed by atoms with Crippen molar-refractivity contribution in [3.63, 3.8) is 0 Å². The first-order chi connectivity index (χ1) is 28.5. The Labute approximate surface area is 400 Å². The molecule has 349 valence electrons. The third kappa shape index (κ3) is 42.6. The molecule has 0 spiro atoms. The molecule has 2 amide bonds. The van der Waals surface area contributed by atoms with Gasteiger partial charge < -0.3 is 50.0 Å². The predicted octanol–water partition coefficient (Wildman–Crippen LogP) is 0.438. The zero-order valence-electron chi connectivity index (χ0n) is 35.6. The summed E-state index contributed by atoms with van der Waals surface area (Å²) in [5.74, 6) is -2.25. The van der Waals surface area contributed by atoms with Crippen molar-refractivity contribution in [3.05, 3.63) is 119 Å². The Hall–Kier alpha value is -5.85. The molecule has 0 unspecified atom stereocenters. The molecule has 0 atom stereocenters. The first-order valence-corrected chi connectivity index (χ1v) is 18.2. The second-order valence-corrected chi connectivity index (χ2v) is 12.1. The van der Waals surface area contributed by atoms with Gasteiger partial charge in [0.1, 0.15) is 0 Å². The van der Waals surface area contributed by atoms with Crippen LogP contribution in [0.4, 0.5) is 0 Å². The topological polar surface area (TPSA) is 263 Å². The Morgan fingerprint density at radius 3 is 0.762 bits per heavy atom. The van der Waals surface area contributed by atoms with Crippen LogP contribution in [0.3, 0.4) is 0 Å². The number of carboxylic acids is 2. The largest absolute Gasteiger partial charge is 2.00 e. The van der Waals surface area contributed by atoms with Crippen LogP contribution in [0.5, 0.6) is 23.0 Å². The first-order valence-electron chi connectivity index (χ1n) is 18.2. The van der Waals surface area contributed by atoms with Crippen LogP contribution in [0, 0.1) is 0 Å². The van der Waals surface area contributed by atoms with Crippen LogP contribution in [0.2, 0.25) is 0 Å². The second kappa shape index (κ2) is 44.2. The van der Waals surface area contributed by atoms with E-state index >= 15 is 0 Å². The molecule has 0 saturated carbocycles. The number of carbonyl (C=O) groups is 4. The van der Waals surface area contributed by atoms with Gasteiger partial charge in [0.15, 0.2) is 0 Å². The van der Waals surface area contributed by atoms with Gasteiger partial charge >= 0.3 is 50.1 Å². The maximum Gasteiger partial charge on any atom is 2.00 e. The molecule has 4 aromatic carbocycles. The summed E-state index contributed by atoms with van der Waals surface area (Å²) in [7, 11) is 6.75. The number of rotatable bonds is 14. The van der Waals surface area contributed by atoms with Gasteiger partial charge in [-0.15, -0.1) is 23.0 Å². The van der Waals surface area contributed by atoms with Crippen molar-refractivity contribution in [3.8, 4) is 23.0 Å². The van der Waals surface area contributed by atoms with Crippen LogP contribution < -0.4 is 30.6 Å². The minimum Gasteiger partial charge on any atom is -0.872 e. The fraction of sp³-hybridized carbons (Fsp3) is 0.273. The monoisotopic (exact) mass is 1000 g/mol. The van der Waals surface area contributed by atoms with Gasteiger partial charge in [-0.3, -0.25) is 29.6 Å². The van der Waals surface area contributed by atoms with Crippen molar-refractivity contribution in [2.45, 2.75) is 26.7 Å². The van der Waals surface area contributed by atoms with Crippen LogP contribution in [-0.4, -0.2) is 114 Å². The van der Waals surface area contributed by atoms with Gasteiger partial charge in [0.25, 0.3) is 0 Å². The summed E-state index contributed by atoms with van der Waals surface area (Å²) in [6, 6.07) is 27.2. The normalized spacial score (nSPS) is 9.49. The molecule has 16 nitrogen and oxygen atoms in total. The Balaban J connectivity index is -0.000000249. The molecule has 0 saturated heterocycles. The van der Waals surface area contributed by atoms with Crippen LogP contribution in [0.25, 0.3) is 0 Å². The van der Waals surface area contributed by atoms with E-state index in [-0.39, 0.29) is 73.0 Å². The number of nitrogens with zero attached hydrogens (tertiary/aromatic N) is 6. The average molecular weight is 1010 g/mol. The van der Waals surface area contributed by atoms with Gasteiger partial charge in [-0.05, 0) is 48.9 Å². The van der Waals surface area contributed by atoms with Gasteiger partial charge in [0, 0.05) is 91.2 Å². The van der Waals surface area contributed by atoms with Gasteiger partial charge in [-0.1, -0.05) is 97.1 Å². The van der Waals surface area contributed by atoms with Crippen LogP contribution in [-0.2, 0) is 69.2 Å². The summed E-state index contributed by atoms with van der Waals surface area (Å²) >= 11 is 0. The van der Waals surface area contributed by atoms with Crippen molar-refractivity contribution >= 4 is 49.6 Å². The summed E-state index contributed by atoms with van der Waals surface area (Å²) in [5.41, 5.74) is 2.39. The van der Waals surface area contributed by atoms with Crippen LogP contribution in [0.1, 0.15) is 48.9 Å². The smallest absolute Gasteiger partial charge is 0.872 e. The van der Waals surface area contributed by atoms with E-state index in [9.17, 15) is 30.0 Å². The number of carboxylic acid groups (broad SMARTS) is 2. The van der Waals surface area contributed by atoms with Gasteiger partial charge in [0.05, 0.1) is 0 Å². The number of para-hydroxylation sites is 4. The minimum atomic E-state index is -1.08. The molecule has 0 aliphatic heterocycles. The summed E-state index contributed by atoms with van der Waals surface area (Å²) < 4.78 is 0. The quantitative estimate of drug-likeness (QED) is 0.0729. The number of aliphatic imine (C=N–C) groups is 4. The fourth-order valence-electron chi connectivity index (χ4n) is 3.51. The van der Waals surface area contributed by atoms with Crippen molar-refractivity contribution in [2.24, 2.45) is 20.0 Å². The zero-order valence-corrected chi connectivity index (χ0v) is 38.6. The molecule has 0 fully saturated rings. The van der Waals surface area contributed by atoms with E-state index in [1.54, 1.807) is 102 Å². The molecular formula is C44H52CuN6Ni2O10. The van der Waals surface area contributed by atoms with E-state index in [1.165, 1.54) is 34.1 Å². The Morgan fingerprint density at radius 1 is 0.460 bits per heavy atom. The summed E-state index contributed by atoms with van der Waals surface area (Å²) in [6.07, 6.45) is 9.43. The number of benzene rings is 4. The van der Waals surface area contributed by atoms with E-state index in [1.807, 2.05) is 24.3 Å². The number of hydrogen-bond donors (Lipinski definition) is 0. The van der Waals surface area contributed by atoms with E-state index in [0.29, 0.717) is 48.4 Å². The zero-order chi connectivity index (χ0) is 45.6. The minimum absolute atomic E-state index is 0. The summed E-state index contributed by atoms with van der Waals surface area (Å²) in [5, 5.41) is 63.5. The Kier molecular flexibility index (Phi) is 46.5. The van der Waals surface area contributed by atoms with E-state index in [4.69, 9.17) is 19.8 Å². The van der Waals surface area contributed by atoms with Crippen molar-refractivity contribution < 1.29 is 99.9 Å². The number of hydrogen-bond acceptors (Lipinski definition) is 14. The predicted molar refractivity (Wildman–Crippen MR) is 223 cm³/mol. The number of aliphatic carboxylic acids is 2. The first kappa shape index (κ1) is 66.2. The SMILES string of the molecule is CC(=O)[O-].CC(=O)[O-].CN(C)C=O.CN(C)C=O.[Cu+2].[Ni+2].[Ni+2].[O-]c1ccccc1C=NCCCN=Cc1ccccc1[O-].[O-]c1ccccc1C=NCCCN=Cc1ccccc1[O-]. The third-order valence-corrected chi connectivity index (χ3v) is 6.17. The van der Waals surface area contributed by atoms with E-state index in [0.717, 1.165) is 39.5 Å². The summed E-state index contributed by atoms with van der Waals surface area (Å²) in [4.78, 5) is 56.3. The maximum absolute atomic E-state index is 11.4. The Bertz CT molecular complexity index is 1680. The fourth-order valence-corrected chi connectivity index (χ4v) is 3.51. The van der Waals surface area contributed by atoms with E-state index < -0.39 is 11.9 Å². The molecule has 0 aliphatic rings. The molecule has 0 aromatic heterocycles. The second-order valence-electron chi connectivity index (χ2n) is 12.1. The molecule has 4 aromatic rings. The average Bonchev–Trinajstić information content (AvgIpc) is 3.20. The van der Waals surface area contributed by atoms with Gasteiger partial charge in [-0.2, -0.15) is 0 Å². The summed E-state index contributed by atoms with van der Waals surface area (Å²) in [6.45, 7) is 4.35. The van der Waals surface area contributed by atoms with E-state index in [2.05, 4.69) is 20.0 Å². The Morgan fingerprint density at radius 2 is 0.619 bits per heavy atom. The van der Waals surface area contributed by atoms with Crippen LogP contribution in [0.15, 0.2) is 117 Å². The third-order valence-electron chi connectivity index (χ3n) is 6.17. The molecule has 1 radical (unpaired) electrons. The van der Waals surface area contributed by atoms with Crippen LogP contribution >= 0.6 is 0 Å². The number of carbonyl (C=O) groups excluding carboxylic acids is 4. The van der Waals surface area contributed by atoms with Gasteiger partial charge in [0.2, 0.25) is 12.8 Å². The molecule has 0 aliphatic carbocycles. The molecule has 0 N–H and O–H groups in total. The van der Waals surface area contributed by atoms with Gasteiger partial charge in [-0.25, -0.2) is 0 Å². The number of amides is 2. The molecule has 4 rings (SSSR count). The molecule has 19 heteroatoms. The molecule has 0 bridgehead atoms. The standard InChI is InChI=1S/2C17H18N2O2.2C3H7NO.2C2H4O2.Cu.2Ni/c2*20-16-8-3-1-6-14(16)12-18-10-5-11-19-13-15-7-2-4-9-17(15)21;2*1-4(2)3-5;2*1-2(3)4;;;/h2*1-4,6-9,12-13,20-21H,5,10-11H2;2*3H,1-2H3;2*1H3,(H,3,4);;;/q;;;;;;3*+2/p-6. The van der Waals surface area contributed by atoms with Crippen molar-refractivity contribution in [1.82, 2.24) is 9.80 Å². The maximum atomic E-state index is 11.4. The van der Waals surface area contributed by atoms with Crippen molar-refractivity contribution in [1.29, 1.82) is 0 Å². The molecule has 0 heterocycles. The molecular weight excluding hydrogens is 953 g/mol. The van der Waals surface area contributed by atoms with Crippen molar-refractivity contribution in [2.75, 3.05) is 54.4 Å².